The summed E-state index contributed by atoms with van der Waals surface area (Å²) in [5.74, 6) is 0. The molecular weight excluding hydrogens is 861 g/mol. The molecule has 3 aliphatic rings. The van der Waals surface area contributed by atoms with E-state index in [0.29, 0.717) is 0 Å². The van der Waals surface area contributed by atoms with Crippen LogP contribution in [0.25, 0.3) is 88.3 Å². The lowest BCUT2D eigenvalue weighted by atomic mass is 9.67. The molecule has 2 heteroatoms. The van der Waals surface area contributed by atoms with E-state index in [9.17, 15) is 0 Å². The van der Waals surface area contributed by atoms with Crippen molar-refractivity contribution in [3.63, 3.8) is 0 Å². The highest BCUT2D eigenvalue weighted by atomic mass is 28.3. The smallest absolute Gasteiger partial charge is 0.0623 e. The number of hydrogen-bond acceptors (Lipinski definition) is 0. The van der Waals surface area contributed by atoms with Crippen LogP contribution in [0.15, 0.2) is 231 Å². The first-order valence-corrected chi connectivity index (χ1v) is 30.6. The number of fused-ring (bicyclic) bond motifs is 11. The van der Waals surface area contributed by atoms with Gasteiger partial charge in [-0.1, -0.05) is 251 Å². The molecule has 0 N–H and O–H groups in total. The topological polar surface area (TPSA) is 0 Å². The van der Waals surface area contributed by atoms with E-state index >= 15 is 0 Å². The van der Waals surface area contributed by atoms with Crippen molar-refractivity contribution in [2.24, 2.45) is 0 Å². The maximum absolute atomic E-state index is 2.58. The third-order valence-corrected chi connectivity index (χ3v) is 23.7. The van der Waals surface area contributed by atoms with Gasteiger partial charge >= 0.3 is 0 Å². The minimum atomic E-state index is -2.08. The summed E-state index contributed by atoms with van der Waals surface area (Å²) in [5, 5.41) is 11.3. The maximum atomic E-state index is 2.58. The van der Waals surface area contributed by atoms with Gasteiger partial charge in [0.1, 0.15) is 16.1 Å². The molecule has 11 aromatic carbocycles. The number of hydrogen-bond donors (Lipinski definition) is 0. The Kier molecular flexibility index (Phi) is 8.61. The van der Waals surface area contributed by atoms with Gasteiger partial charge in [0.25, 0.3) is 0 Å². The van der Waals surface area contributed by atoms with Crippen molar-refractivity contribution >= 4 is 58.4 Å². The van der Waals surface area contributed by atoms with Gasteiger partial charge in [0.15, 0.2) is 0 Å². The van der Waals surface area contributed by atoms with E-state index in [1.54, 1.807) is 10.4 Å². The Hall–Kier alpha value is -7.63. The van der Waals surface area contributed by atoms with Crippen molar-refractivity contribution in [1.82, 2.24) is 0 Å². The summed E-state index contributed by atoms with van der Waals surface area (Å²) >= 11 is 0. The lowest BCUT2D eigenvalue weighted by Crippen LogP contribution is -2.50. The van der Waals surface area contributed by atoms with E-state index in [-0.39, 0.29) is 0 Å². The van der Waals surface area contributed by atoms with Gasteiger partial charge in [-0.2, -0.15) is 0 Å². The number of rotatable bonds is 5. The molecule has 69 heavy (non-hydrogen) atoms. The van der Waals surface area contributed by atoms with Gasteiger partial charge in [-0.25, -0.2) is 0 Å². The largest absolute Gasteiger partial charge is 0.114 e. The van der Waals surface area contributed by atoms with Crippen molar-refractivity contribution in [3.05, 3.63) is 253 Å². The first-order chi connectivity index (χ1) is 33.8. The van der Waals surface area contributed by atoms with Gasteiger partial charge in [-0.15, -0.1) is 0 Å². The molecule has 0 bridgehead atoms. The Morgan fingerprint density at radius 2 is 0.623 bits per heavy atom. The van der Waals surface area contributed by atoms with Crippen LogP contribution in [0.3, 0.4) is 0 Å². The Bertz CT molecular complexity index is 3750. The van der Waals surface area contributed by atoms with Crippen LogP contribution >= 0.6 is 0 Å². The second-order valence-electron chi connectivity index (χ2n) is 20.6. The van der Waals surface area contributed by atoms with Crippen LogP contribution in [0, 0.1) is 0 Å². The predicted molar refractivity (Wildman–Crippen MR) is 299 cm³/mol. The molecule has 0 amide bonds. The second kappa shape index (κ2) is 14.7. The molecule has 0 atom stereocenters. The van der Waals surface area contributed by atoms with Crippen molar-refractivity contribution in [2.75, 3.05) is 0 Å². The highest BCUT2D eigenvalue weighted by molar-refractivity contribution is 7.05. The molecule has 2 heterocycles. The molecule has 0 nitrogen and oxygen atoms in total. The molecule has 0 radical (unpaired) electrons. The molecule has 0 fully saturated rings. The average Bonchev–Trinajstić information content (AvgIpc) is 3.93. The zero-order valence-corrected chi connectivity index (χ0v) is 41.4. The van der Waals surface area contributed by atoms with Gasteiger partial charge in [0, 0.05) is 0 Å². The minimum absolute atomic E-state index is 0.507. The molecule has 0 unspecified atom stereocenters. The Morgan fingerprint density at radius 3 is 1.14 bits per heavy atom. The quantitative estimate of drug-likeness (QED) is 0.119. The highest BCUT2D eigenvalue weighted by Gasteiger charge is 2.47. The minimum Gasteiger partial charge on any atom is -0.0623 e. The summed E-state index contributed by atoms with van der Waals surface area (Å²) in [4.78, 5) is 0. The summed E-state index contributed by atoms with van der Waals surface area (Å²) in [6, 6.07) is 88.4. The van der Waals surface area contributed by atoms with Crippen molar-refractivity contribution in [2.45, 2.75) is 31.6 Å². The summed E-state index contributed by atoms with van der Waals surface area (Å²) in [5.41, 5.74) is 20.9. The molecular formula is C67H50Si2. The van der Waals surface area contributed by atoms with Crippen LogP contribution in [0.5, 0.6) is 0 Å². The number of benzene rings is 11. The summed E-state index contributed by atoms with van der Waals surface area (Å²) in [6.07, 6.45) is 0. The van der Waals surface area contributed by atoms with E-state index < -0.39 is 21.6 Å². The van der Waals surface area contributed by atoms with Crippen LogP contribution in [0.4, 0.5) is 0 Å². The van der Waals surface area contributed by atoms with Gasteiger partial charge in [0.2, 0.25) is 0 Å². The normalized spacial score (nSPS) is 15.0. The molecule has 1 aliphatic carbocycles. The predicted octanol–water partition coefficient (Wildman–Crippen LogP) is 15.0. The Labute approximate surface area is 407 Å². The second-order valence-corrected chi connectivity index (χ2v) is 29.2. The zero-order valence-electron chi connectivity index (χ0n) is 39.4. The molecule has 326 valence electrons. The van der Waals surface area contributed by atoms with Crippen molar-refractivity contribution in [3.8, 4) is 66.8 Å². The lowest BCUT2D eigenvalue weighted by Gasteiger charge is -2.34. The van der Waals surface area contributed by atoms with Crippen LogP contribution in [-0.4, -0.2) is 16.1 Å². The third-order valence-electron chi connectivity index (χ3n) is 16.5. The van der Waals surface area contributed by atoms with E-state index in [1.807, 2.05) is 0 Å². The average molecular weight is 911 g/mol. The Balaban J connectivity index is 1.13. The van der Waals surface area contributed by atoms with Gasteiger partial charge in [-0.05, 0) is 137 Å². The van der Waals surface area contributed by atoms with Gasteiger partial charge in [0.05, 0.1) is 5.41 Å². The van der Waals surface area contributed by atoms with E-state index in [0.717, 1.165) is 0 Å². The first-order valence-electron chi connectivity index (χ1n) is 24.6. The van der Waals surface area contributed by atoms with Crippen LogP contribution in [-0.2, 0) is 5.41 Å². The SMILES string of the molecule is C[Si]1(C)c2ccccc2-c2cccc(-c3cccc4c(-c5cccc6c5-c5ccccc5C6(c5ccccc5)c5ccccc5)c5cccc(-c6cccc7c6[Si](C)(C)c6ccccc6-7)c5cc34)c21. The molecule has 0 saturated carbocycles. The first kappa shape index (κ1) is 40.4. The fourth-order valence-electron chi connectivity index (χ4n) is 13.8. The summed E-state index contributed by atoms with van der Waals surface area (Å²) in [7, 11) is -4.16. The summed E-state index contributed by atoms with van der Waals surface area (Å²) in [6.45, 7) is 10.2. The molecule has 14 rings (SSSR count). The van der Waals surface area contributed by atoms with E-state index in [2.05, 4.69) is 257 Å². The van der Waals surface area contributed by atoms with E-state index in [4.69, 9.17) is 0 Å². The lowest BCUT2D eigenvalue weighted by molar-refractivity contribution is 0.768. The van der Waals surface area contributed by atoms with Crippen LogP contribution in [0.1, 0.15) is 22.3 Å². The van der Waals surface area contributed by atoms with Gasteiger partial charge < -0.3 is 0 Å². The van der Waals surface area contributed by atoms with Crippen LogP contribution in [0.2, 0.25) is 26.2 Å². The van der Waals surface area contributed by atoms with E-state index in [1.165, 1.54) is 121 Å². The molecule has 2 aliphatic heterocycles. The maximum Gasteiger partial charge on any atom is 0.114 e. The fraction of sp³-hybridized carbons (Fsp3) is 0.0746. The molecule has 0 saturated heterocycles. The third kappa shape index (κ3) is 5.39. The van der Waals surface area contributed by atoms with Crippen molar-refractivity contribution < 1.29 is 0 Å². The Morgan fingerprint density at radius 1 is 0.261 bits per heavy atom. The monoisotopic (exact) mass is 910 g/mol. The van der Waals surface area contributed by atoms with Crippen molar-refractivity contribution in [1.29, 1.82) is 0 Å². The molecule has 0 aromatic heterocycles. The zero-order chi connectivity index (χ0) is 46.2. The standard InChI is InChI=1S/C67H50Si2/c1-68(2)61-40-15-12-26-47(61)53-35-19-33-51(65(53)68)45-29-17-31-49-57(45)42-58-46(52-34-20-36-54-48-27-13-16-41-62(48)69(3,4)66(52)54)30-18-32-50(58)63(49)56-37-21-39-60-64(56)55-28-11-14-38-59(55)67(60,43-22-7-5-8-23-43)44-24-9-6-10-25-44/h5-42H,1-4H3. The molecule has 0 spiro atoms. The summed E-state index contributed by atoms with van der Waals surface area (Å²) < 4.78 is 0. The van der Waals surface area contributed by atoms with Crippen LogP contribution < -0.4 is 20.7 Å². The van der Waals surface area contributed by atoms with Gasteiger partial charge in [-0.3, -0.25) is 0 Å². The fourth-order valence-corrected chi connectivity index (χ4v) is 20.7. The molecule has 11 aromatic rings. The highest BCUT2D eigenvalue weighted by Crippen LogP contribution is 2.59.